The summed E-state index contributed by atoms with van der Waals surface area (Å²) >= 11 is 0. The maximum absolute atomic E-state index is 12.0. The maximum Gasteiger partial charge on any atom is 0.225 e. The second-order valence-corrected chi connectivity index (χ2v) is 6.94. The van der Waals surface area contributed by atoms with Gasteiger partial charge in [0.1, 0.15) is 0 Å². The van der Waals surface area contributed by atoms with Crippen LogP contribution in [0.3, 0.4) is 0 Å². The summed E-state index contributed by atoms with van der Waals surface area (Å²) in [7, 11) is 2.08. The van der Waals surface area contributed by atoms with Gasteiger partial charge in [-0.05, 0) is 30.7 Å². The van der Waals surface area contributed by atoms with Crippen molar-refractivity contribution in [3.8, 4) is 0 Å². The summed E-state index contributed by atoms with van der Waals surface area (Å²) in [5.74, 6) is 0.946. The van der Waals surface area contributed by atoms with Crippen LogP contribution in [0.1, 0.15) is 24.8 Å². The van der Waals surface area contributed by atoms with Crippen molar-refractivity contribution in [2.45, 2.75) is 19.3 Å². The number of hydrogen-bond acceptors (Lipinski definition) is 3. The predicted molar refractivity (Wildman–Crippen MR) is 132 cm³/mol. The molecule has 0 aromatic heterocycles. The molecule has 0 aliphatic carbocycles. The molecule has 3 N–H and O–H groups in total. The zero-order chi connectivity index (χ0) is 19.8. The molecule has 1 aliphatic heterocycles. The Kier molecular flexibility index (Phi) is 9.24. The molecule has 1 heterocycles. The average molecular weight is 507 g/mol. The summed E-state index contributed by atoms with van der Waals surface area (Å²) in [6.45, 7) is 5.06. The van der Waals surface area contributed by atoms with E-state index in [0.29, 0.717) is 13.0 Å². The number of anilines is 2. The van der Waals surface area contributed by atoms with Gasteiger partial charge in [0.2, 0.25) is 5.91 Å². The molecule has 6 nitrogen and oxygen atoms in total. The Morgan fingerprint density at radius 1 is 1.14 bits per heavy atom. The molecule has 0 fully saturated rings. The standard InChI is InChI=1S/C22H29N5O.HI/c1-3-23-22(24-13-14-27(2)18-9-5-4-6-10-18)25-16-17-15-21(28)26-20-12-8-7-11-19(17)20;/h4-12,17H,3,13-16H2,1-2H3,(H,26,28)(H2,23,24,25);1H. The Labute approximate surface area is 190 Å². The third-order valence-electron chi connectivity index (χ3n) is 4.86. The number of likely N-dealkylation sites (N-methyl/N-ethyl adjacent to an activating group) is 1. The zero-order valence-corrected chi connectivity index (χ0v) is 19.4. The summed E-state index contributed by atoms with van der Waals surface area (Å²) in [6, 6.07) is 18.3. The lowest BCUT2D eigenvalue weighted by Gasteiger charge is -2.25. The quantitative estimate of drug-likeness (QED) is 0.305. The molecule has 7 heteroatoms. The Bertz CT molecular complexity index is 812. The highest BCUT2D eigenvalue weighted by Crippen LogP contribution is 2.31. The van der Waals surface area contributed by atoms with Crippen molar-refractivity contribution in [3.63, 3.8) is 0 Å². The minimum Gasteiger partial charge on any atom is -0.373 e. The van der Waals surface area contributed by atoms with Gasteiger partial charge in [0.25, 0.3) is 0 Å². The highest BCUT2D eigenvalue weighted by atomic mass is 127. The Morgan fingerprint density at radius 2 is 1.86 bits per heavy atom. The number of halogens is 1. The fourth-order valence-corrected chi connectivity index (χ4v) is 3.36. The van der Waals surface area contributed by atoms with Crippen LogP contribution in [0.2, 0.25) is 0 Å². The van der Waals surface area contributed by atoms with E-state index in [2.05, 4.69) is 53.0 Å². The largest absolute Gasteiger partial charge is 0.373 e. The van der Waals surface area contributed by atoms with Gasteiger partial charge in [0.05, 0.1) is 6.54 Å². The lowest BCUT2D eigenvalue weighted by atomic mass is 9.91. The molecule has 0 spiro atoms. The number of carbonyl (C=O) groups excluding carboxylic acids is 1. The minimum atomic E-state index is 0. The number of carbonyl (C=O) groups is 1. The van der Waals surface area contributed by atoms with Crippen LogP contribution in [0.25, 0.3) is 0 Å². The Hall–Kier alpha value is -2.29. The number of benzene rings is 2. The van der Waals surface area contributed by atoms with Crippen LogP contribution in [0.5, 0.6) is 0 Å². The Balaban J connectivity index is 0.00000300. The maximum atomic E-state index is 12.0. The van der Waals surface area contributed by atoms with Gasteiger partial charge in [-0.25, -0.2) is 0 Å². The highest BCUT2D eigenvalue weighted by molar-refractivity contribution is 14.0. The highest BCUT2D eigenvalue weighted by Gasteiger charge is 2.24. The molecule has 0 bridgehead atoms. The molecular weight excluding hydrogens is 477 g/mol. The zero-order valence-electron chi connectivity index (χ0n) is 17.0. The van der Waals surface area contributed by atoms with Crippen LogP contribution in [-0.2, 0) is 4.79 Å². The summed E-state index contributed by atoms with van der Waals surface area (Å²) < 4.78 is 0. The van der Waals surface area contributed by atoms with E-state index in [1.807, 2.05) is 36.4 Å². The monoisotopic (exact) mass is 507 g/mol. The van der Waals surface area contributed by atoms with Gasteiger partial charge in [0.15, 0.2) is 5.96 Å². The van der Waals surface area contributed by atoms with E-state index < -0.39 is 0 Å². The van der Waals surface area contributed by atoms with Crippen molar-refractivity contribution in [2.24, 2.45) is 4.99 Å². The number of nitrogens with zero attached hydrogens (tertiary/aromatic N) is 2. The number of guanidine groups is 1. The van der Waals surface area contributed by atoms with E-state index in [0.717, 1.165) is 36.8 Å². The average Bonchev–Trinajstić information content (AvgIpc) is 2.72. The second kappa shape index (κ2) is 11.6. The van der Waals surface area contributed by atoms with Crippen molar-refractivity contribution in [3.05, 3.63) is 60.2 Å². The van der Waals surface area contributed by atoms with Gasteiger partial charge >= 0.3 is 0 Å². The summed E-state index contributed by atoms with van der Waals surface area (Å²) in [4.78, 5) is 18.9. The van der Waals surface area contributed by atoms with E-state index >= 15 is 0 Å². The van der Waals surface area contributed by atoms with Gasteiger partial charge in [-0.3, -0.25) is 9.79 Å². The van der Waals surface area contributed by atoms with Gasteiger partial charge < -0.3 is 20.9 Å². The third-order valence-corrected chi connectivity index (χ3v) is 4.86. The van der Waals surface area contributed by atoms with Crippen LogP contribution >= 0.6 is 24.0 Å². The molecule has 156 valence electrons. The molecule has 3 rings (SSSR count). The van der Waals surface area contributed by atoms with E-state index in [-0.39, 0.29) is 35.8 Å². The molecule has 0 saturated carbocycles. The van der Waals surface area contributed by atoms with Crippen LogP contribution in [0.15, 0.2) is 59.6 Å². The molecule has 29 heavy (non-hydrogen) atoms. The normalized spacial score (nSPS) is 15.6. The number of amides is 1. The first-order chi connectivity index (χ1) is 13.7. The molecule has 2 aromatic rings. The van der Waals surface area contributed by atoms with Gasteiger partial charge in [-0.15, -0.1) is 24.0 Å². The third kappa shape index (κ3) is 6.62. The Morgan fingerprint density at radius 3 is 2.62 bits per heavy atom. The number of para-hydroxylation sites is 2. The smallest absolute Gasteiger partial charge is 0.225 e. The first kappa shape index (κ1) is 23.0. The van der Waals surface area contributed by atoms with Gasteiger partial charge in [0, 0.05) is 50.4 Å². The fraction of sp³-hybridized carbons (Fsp3) is 0.364. The second-order valence-electron chi connectivity index (χ2n) is 6.94. The first-order valence-corrected chi connectivity index (χ1v) is 9.84. The van der Waals surface area contributed by atoms with E-state index in [1.165, 1.54) is 5.69 Å². The molecule has 1 atom stereocenters. The molecule has 0 radical (unpaired) electrons. The van der Waals surface area contributed by atoms with Crippen molar-refractivity contribution in [1.29, 1.82) is 0 Å². The first-order valence-electron chi connectivity index (χ1n) is 9.84. The number of rotatable bonds is 7. The topological polar surface area (TPSA) is 68.8 Å². The number of fused-ring (bicyclic) bond motifs is 1. The number of hydrogen-bond donors (Lipinski definition) is 3. The van der Waals surface area contributed by atoms with Crippen LogP contribution < -0.4 is 20.9 Å². The number of aliphatic imine (C=N–C) groups is 1. The SMILES string of the molecule is CCNC(=NCC1CC(=O)Nc2ccccc21)NCCN(C)c1ccccc1.I. The summed E-state index contributed by atoms with van der Waals surface area (Å²) in [6.07, 6.45) is 0.469. The molecule has 1 amide bonds. The molecule has 2 aromatic carbocycles. The summed E-state index contributed by atoms with van der Waals surface area (Å²) in [5.41, 5.74) is 3.25. The van der Waals surface area contributed by atoms with E-state index in [1.54, 1.807) is 0 Å². The lowest BCUT2D eigenvalue weighted by Crippen LogP contribution is -2.41. The van der Waals surface area contributed by atoms with Gasteiger partial charge in [-0.1, -0.05) is 36.4 Å². The van der Waals surface area contributed by atoms with Crippen molar-refractivity contribution < 1.29 is 4.79 Å². The van der Waals surface area contributed by atoms with Crippen molar-refractivity contribution in [2.75, 3.05) is 43.4 Å². The van der Waals surface area contributed by atoms with Crippen LogP contribution in [-0.4, -0.2) is 45.1 Å². The van der Waals surface area contributed by atoms with Crippen LogP contribution in [0, 0.1) is 0 Å². The van der Waals surface area contributed by atoms with E-state index in [4.69, 9.17) is 4.99 Å². The fourth-order valence-electron chi connectivity index (χ4n) is 3.36. The molecule has 0 saturated heterocycles. The summed E-state index contributed by atoms with van der Waals surface area (Å²) in [5, 5.41) is 9.62. The van der Waals surface area contributed by atoms with E-state index in [9.17, 15) is 4.79 Å². The minimum absolute atomic E-state index is 0. The molecular formula is C22H30IN5O. The lowest BCUT2D eigenvalue weighted by molar-refractivity contribution is -0.116. The predicted octanol–water partition coefficient (Wildman–Crippen LogP) is 3.42. The number of nitrogens with one attached hydrogen (secondary N) is 3. The van der Waals surface area contributed by atoms with Crippen molar-refractivity contribution in [1.82, 2.24) is 10.6 Å². The molecule has 1 unspecified atom stereocenters. The van der Waals surface area contributed by atoms with Crippen LogP contribution in [0.4, 0.5) is 11.4 Å². The molecule has 1 aliphatic rings. The van der Waals surface area contributed by atoms with Crippen molar-refractivity contribution >= 4 is 47.2 Å². The van der Waals surface area contributed by atoms with Gasteiger partial charge in [-0.2, -0.15) is 0 Å².